The lowest BCUT2D eigenvalue weighted by Crippen LogP contribution is -2.25. The van der Waals surface area contributed by atoms with Gasteiger partial charge in [0.1, 0.15) is 5.82 Å². The van der Waals surface area contributed by atoms with Crippen molar-refractivity contribution in [3.05, 3.63) is 53.6 Å². The summed E-state index contributed by atoms with van der Waals surface area (Å²) in [6.45, 7) is 1.79. The van der Waals surface area contributed by atoms with Gasteiger partial charge in [-0.2, -0.15) is 0 Å². The van der Waals surface area contributed by atoms with E-state index in [2.05, 4.69) is 4.98 Å². The summed E-state index contributed by atoms with van der Waals surface area (Å²) in [6, 6.07) is 5.30. The van der Waals surface area contributed by atoms with Gasteiger partial charge in [0.05, 0.1) is 12.2 Å². The van der Waals surface area contributed by atoms with E-state index in [-0.39, 0.29) is 0 Å². The number of methoxy groups -OCH3 is 1. The molecule has 0 spiro atoms. The largest absolute Gasteiger partial charge is 0.383 e. The smallest absolute Gasteiger partial charge is 0.273 e. The highest BCUT2D eigenvalue weighted by molar-refractivity contribution is 5.64. The van der Waals surface area contributed by atoms with Gasteiger partial charge in [-0.05, 0) is 29.3 Å². The first-order chi connectivity index (χ1) is 11.8. The number of carbonyl (C=O) groups is 1. The Bertz CT molecular complexity index is 733. The van der Waals surface area contributed by atoms with Crippen LogP contribution in [0.2, 0.25) is 0 Å². The van der Waals surface area contributed by atoms with Crippen molar-refractivity contribution in [3.8, 4) is 11.1 Å². The molecule has 0 saturated heterocycles. The highest BCUT2D eigenvalue weighted by Crippen LogP contribution is 2.32. The number of nitrogens with zero attached hydrogens (tertiary/aromatic N) is 2. The zero-order valence-electron chi connectivity index (χ0n) is 14.0. The first-order valence-electron chi connectivity index (χ1n) is 7.65. The van der Waals surface area contributed by atoms with E-state index in [0.29, 0.717) is 44.2 Å². The molecule has 0 N–H and O–H groups in total. The second-order valence-electron chi connectivity index (χ2n) is 5.73. The summed E-state index contributed by atoms with van der Waals surface area (Å²) < 4.78 is 45.6. The maximum absolute atomic E-state index is 13.6. The van der Waals surface area contributed by atoms with Gasteiger partial charge in [0.2, 0.25) is 6.41 Å². The van der Waals surface area contributed by atoms with Crippen LogP contribution in [0.3, 0.4) is 0 Å². The van der Waals surface area contributed by atoms with Gasteiger partial charge in [-0.25, -0.2) is 13.2 Å². The molecule has 25 heavy (non-hydrogen) atoms. The lowest BCUT2D eigenvalue weighted by molar-refractivity contribution is -0.119. The molecular formula is C18H19F3N2O2. The van der Waals surface area contributed by atoms with Crippen LogP contribution in [0.4, 0.5) is 13.2 Å². The molecule has 0 fully saturated rings. The van der Waals surface area contributed by atoms with Crippen molar-refractivity contribution in [3.63, 3.8) is 0 Å². The maximum atomic E-state index is 13.6. The topological polar surface area (TPSA) is 42.4 Å². The van der Waals surface area contributed by atoms with Gasteiger partial charge < -0.3 is 9.64 Å². The van der Waals surface area contributed by atoms with Crippen LogP contribution in [-0.2, 0) is 22.0 Å². The van der Waals surface area contributed by atoms with Crippen molar-refractivity contribution < 1.29 is 22.7 Å². The number of carbonyl (C=O) groups excluding carboxylic acids is 1. The highest BCUT2D eigenvalue weighted by atomic mass is 19.3. The summed E-state index contributed by atoms with van der Waals surface area (Å²) in [4.78, 5) is 16.7. The van der Waals surface area contributed by atoms with Crippen LogP contribution in [0.1, 0.15) is 18.1 Å². The summed E-state index contributed by atoms with van der Waals surface area (Å²) in [5.74, 6) is -4.23. The Hall–Kier alpha value is -2.41. The molecule has 7 heteroatoms. The molecule has 0 bridgehead atoms. The molecule has 1 aromatic carbocycles. The third kappa shape index (κ3) is 5.03. The van der Waals surface area contributed by atoms with Gasteiger partial charge in [-0.1, -0.05) is 6.07 Å². The number of rotatable bonds is 8. The van der Waals surface area contributed by atoms with Crippen molar-refractivity contribution in [2.45, 2.75) is 19.4 Å². The minimum atomic E-state index is -3.28. The van der Waals surface area contributed by atoms with Crippen LogP contribution in [-0.4, -0.2) is 36.6 Å². The van der Waals surface area contributed by atoms with Crippen molar-refractivity contribution >= 4 is 6.41 Å². The summed E-state index contributed by atoms with van der Waals surface area (Å²) in [5, 5.41) is 0. The number of halogens is 3. The van der Waals surface area contributed by atoms with Crippen molar-refractivity contribution in [2.75, 3.05) is 20.3 Å². The number of pyridine rings is 1. The molecule has 0 aliphatic carbocycles. The molecule has 1 aromatic heterocycles. The van der Waals surface area contributed by atoms with Gasteiger partial charge in [0, 0.05) is 45.1 Å². The fourth-order valence-corrected chi connectivity index (χ4v) is 2.39. The average Bonchev–Trinajstić information content (AvgIpc) is 2.58. The van der Waals surface area contributed by atoms with E-state index in [0.717, 1.165) is 17.7 Å². The lowest BCUT2D eigenvalue weighted by Gasteiger charge is -2.17. The molecule has 0 unspecified atom stereocenters. The Morgan fingerprint density at radius 1 is 1.24 bits per heavy atom. The third-order valence-corrected chi connectivity index (χ3v) is 3.68. The van der Waals surface area contributed by atoms with Crippen LogP contribution < -0.4 is 0 Å². The number of hydrogen-bond donors (Lipinski definition) is 0. The Balaban J connectivity index is 2.28. The SMILES string of the molecule is COCCN(C=O)Cc1cncc(-c2ccc(F)c(C(C)(F)F)c2)c1. The Labute approximate surface area is 144 Å². The number of alkyl halides is 2. The molecule has 2 aromatic rings. The Kier molecular flexibility index (Phi) is 6.14. The molecule has 1 amide bonds. The van der Waals surface area contributed by atoms with E-state index in [4.69, 9.17) is 4.74 Å². The van der Waals surface area contributed by atoms with E-state index in [1.54, 1.807) is 19.4 Å². The lowest BCUT2D eigenvalue weighted by atomic mass is 10.0. The monoisotopic (exact) mass is 352 g/mol. The van der Waals surface area contributed by atoms with Crippen molar-refractivity contribution in [2.24, 2.45) is 0 Å². The van der Waals surface area contributed by atoms with Gasteiger partial charge in [-0.15, -0.1) is 0 Å². The zero-order chi connectivity index (χ0) is 18.4. The molecule has 0 aliphatic heterocycles. The Morgan fingerprint density at radius 3 is 2.64 bits per heavy atom. The van der Waals surface area contributed by atoms with Gasteiger partial charge in [-0.3, -0.25) is 9.78 Å². The van der Waals surface area contributed by atoms with Crippen LogP contribution in [0.15, 0.2) is 36.7 Å². The number of hydrogen-bond acceptors (Lipinski definition) is 3. The fraction of sp³-hybridized carbons (Fsp3) is 0.333. The maximum Gasteiger partial charge on any atom is 0.273 e. The van der Waals surface area contributed by atoms with Crippen LogP contribution in [0.25, 0.3) is 11.1 Å². The quantitative estimate of drug-likeness (QED) is 0.682. The first kappa shape index (κ1) is 18.9. The fourth-order valence-electron chi connectivity index (χ4n) is 2.39. The summed E-state index contributed by atoms with van der Waals surface area (Å²) in [6.07, 6.45) is 3.81. The molecule has 134 valence electrons. The normalized spacial score (nSPS) is 11.4. The Morgan fingerprint density at radius 2 is 2.00 bits per heavy atom. The minimum Gasteiger partial charge on any atom is -0.383 e. The van der Waals surface area contributed by atoms with E-state index in [9.17, 15) is 18.0 Å². The minimum absolute atomic E-state index is 0.311. The molecule has 4 nitrogen and oxygen atoms in total. The van der Waals surface area contributed by atoms with Crippen molar-refractivity contribution in [1.82, 2.24) is 9.88 Å². The van der Waals surface area contributed by atoms with Gasteiger partial charge >= 0.3 is 0 Å². The molecule has 0 aliphatic rings. The first-order valence-corrected chi connectivity index (χ1v) is 7.65. The number of benzene rings is 1. The molecule has 1 heterocycles. The van der Waals surface area contributed by atoms with E-state index >= 15 is 0 Å². The standard InChI is InChI=1S/C18H19F3N2O2/c1-18(20,21)16-8-14(3-4-17(16)19)15-7-13(9-22-10-15)11-23(12-24)5-6-25-2/h3-4,7-10,12H,5-6,11H2,1-2H3. The summed E-state index contributed by atoms with van der Waals surface area (Å²) in [5.41, 5.74) is 1.07. The number of ether oxygens (including phenoxy) is 1. The predicted molar refractivity (Wildman–Crippen MR) is 87.5 cm³/mol. The highest BCUT2D eigenvalue weighted by Gasteiger charge is 2.28. The molecular weight excluding hydrogens is 333 g/mol. The summed E-state index contributed by atoms with van der Waals surface area (Å²) >= 11 is 0. The number of amides is 1. The second kappa shape index (κ2) is 8.11. The molecule has 0 saturated carbocycles. The number of aromatic nitrogens is 1. The van der Waals surface area contributed by atoms with Crippen LogP contribution in [0, 0.1) is 5.82 Å². The van der Waals surface area contributed by atoms with Gasteiger partial charge in [0.15, 0.2) is 0 Å². The molecule has 0 atom stereocenters. The van der Waals surface area contributed by atoms with Crippen LogP contribution in [0.5, 0.6) is 0 Å². The average molecular weight is 352 g/mol. The second-order valence-corrected chi connectivity index (χ2v) is 5.73. The third-order valence-electron chi connectivity index (χ3n) is 3.68. The van der Waals surface area contributed by atoms with E-state index in [1.807, 2.05) is 0 Å². The van der Waals surface area contributed by atoms with E-state index in [1.165, 1.54) is 17.2 Å². The molecule has 2 rings (SSSR count). The molecule has 0 radical (unpaired) electrons. The van der Waals surface area contributed by atoms with Gasteiger partial charge in [0.25, 0.3) is 5.92 Å². The van der Waals surface area contributed by atoms with Crippen molar-refractivity contribution in [1.29, 1.82) is 0 Å². The van der Waals surface area contributed by atoms with Crippen LogP contribution >= 0.6 is 0 Å². The zero-order valence-corrected chi connectivity index (χ0v) is 14.0. The predicted octanol–water partition coefficient (Wildman–Crippen LogP) is 3.60. The van der Waals surface area contributed by atoms with E-state index < -0.39 is 17.3 Å². The summed E-state index contributed by atoms with van der Waals surface area (Å²) in [7, 11) is 1.54.